The maximum absolute atomic E-state index is 5.78. The van der Waals surface area contributed by atoms with Crippen LogP contribution in [0, 0.1) is 0 Å². The Morgan fingerprint density at radius 1 is 1.18 bits per heavy atom. The molecule has 0 aromatic rings. The highest BCUT2D eigenvalue weighted by Gasteiger charge is 2.17. The van der Waals surface area contributed by atoms with E-state index in [-0.39, 0.29) is 0 Å². The maximum Gasteiger partial charge on any atom is 0.0701 e. The third-order valence-electron chi connectivity index (χ3n) is 4.06. The Labute approximate surface area is 106 Å². The number of nitrogens with one attached hydrogen (secondary N) is 1. The first kappa shape index (κ1) is 13.3. The summed E-state index contributed by atoms with van der Waals surface area (Å²) in [6.07, 6.45) is 9.79. The molecule has 2 aliphatic rings. The van der Waals surface area contributed by atoms with Gasteiger partial charge in [0.2, 0.25) is 0 Å². The monoisotopic (exact) mass is 240 g/mol. The number of likely N-dealkylation sites (N-methyl/N-ethyl adjacent to an activating group) is 1. The molecule has 0 saturated carbocycles. The van der Waals surface area contributed by atoms with Gasteiger partial charge in [-0.05, 0) is 58.7 Å². The van der Waals surface area contributed by atoms with Gasteiger partial charge in [-0.1, -0.05) is 6.42 Å². The Morgan fingerprint density at radius 2 is 2.06 bits per heavy atom. The molecule has 2 aliphatic heterocycles. The van der Waals surface area contributed by atoms with E-state index in [9.17, 15) is 0 Å². The predicted molar refractivity (Wildman–Crippen MR) is 71.3 cm³/mol. The summed E-state index contributed by atoms with van der Waals surface area (Å²) >= 11 is 0. The van der Waals surface area contributed by atoms with Crippen molar-refractivity contribution in [3.63, 3.8) is 0 Å². The van der Waals surface area contributed by atoms with Crippen LogP contribution in [0.4, 0.5) is 0 Å². The highest BCUT2D eigenvalue weighted by Crippen LogP contribution is 2.14. The van der Waals surface area contributed by atoms with E-state index in [2.05, 4.69) is 17.3 Å². The van der Waals surface area contributed by atoms with E-state index >= 15 is 0 Å². The fraction of sp³-hybridized carbons (Fsp3) is 1.00. The predicted octanol–water partition coefficient (Wildman–Crippen LogP) is 2.02. The van der Waals surface area contributed by atoms with Crippen molar-refractivity contribution >= 4 is 0 Å². The second-order valence-electron chi connectivity index (χ2n) is 5.69. The number of nitrogens with zero attached hydrogens (tertiary/aromatic N) is 1. The molecule has 2 heterocycles. The maximum atomic E-state index is 5.78. The number of rotatable bonds is 5. The zero-order chi connectivity index (χ0) is 11.9. The Bertz CT molecular complexity index is 198. The average Bonchev–Trinajstić information content (AvgIpc) is 2.39. The molecule has 3 nitrogen and oxygen atoms in total. The summed E-state index contributed by atoms with van der Waals surface area (Å²) in [4.78, 5) is 2.45. The SMILES string of the molecule is CN(CCC1CCCCN1)CC1CCCCO1. The van der Waals surface area contributed by atoms with Crippen molar-refractivity contribution in [1.29, 1.82) is 0 Å². The van der Waals surface area contributed by atoms with Crippen LogP contribution < -0.4 is 5.32 Å². The van der Waals surface area contributed by atoms with E-state index in [1.54, 1.807) is 0 Å². The van der Waals surface area contributed by atoms with Crippen LogP contribution in [0.15, 0.2) is 0 Å². The van der Waals surface area contributed by atoms with Gasteiger partial charge in [0, 0.05) is 19.2 Å². The molecule has 0 spiro atoms. The Morgan fingerprint density at radius 3 is 2.76 bits per heavy atom. The molecule has 1 N–H and O–H groups in total. The van der Waals surface area contributed by atoms with Gasteiger partial charge in [-0.25, -0.2) is 0 Å². The van der Waals surface area contributed by atoms with E-state index < -0.39 is 0 Å². The van der Waals surface area contributed by atoms with Gasteiger partial charge in [0.25, 0.3) is 0 Å². The van der Waals surface area contributed by atoms with Gasteiger partial charge >= 0.3 is 0 Å². The molecule has 0 bridgehead atoms. The van der Waals surface area contributed by atoms with Gasteiger partial charge in [0.1, 0.15) is 0 Å². The molecule has 17 heavy (non-hydrogen) atoms. The standard InChI is InChI=1S/C14H28N2O/c1-16(12-14-7-3-5-11-17-14)10-8-13-6-2-4-9-15-13/h13-15H,2-12H2,1H3. The molecule has 2 fully saturated rings. The molecule has 3 heteroatoms. The molecule has 0 aromatic carbocycles. The topological polar surface area (TPSA) is 24.5 Å². The van der Waals surface area contributed by atoms with Crippen molar-refractivity contribution in [1.82, 2.24) is 10.2 Å². The van der Waals surface area contributed by atoms with Gasteiger partial charge in [-0.3, -0.25) is 0 Å². The number of piperidine rings is 1. The van der Waals surface area contributed by atoms with Crippen LogP contribution in [0.2, 0.25) is 0 Å². The largest absolute Gasteiger partial charge is 0.377 e. The molecule has 2 unspecified atom stereocenters. The van der Waals surface area contributed by atoms with Crippen molar-refractivity contribution in [3.8, 4) is 0 Å². The van der Waals surface area contributed by atoms with Crippen molar-refractivity contribution < 1.29 is 4.74 Å². The lowest BCUT2D eigenvalue weighted by atomic mass is 10.0. The lowest BCUT2D eigenvalue weighted by molar-refractivity contribution is -0.00195. The van der Waals surface area contributed by atoms with Gasteiger partial charge in [0.05, 0.1) is 6.10 Å². The van der Waals surface area contributed by atoms with Crippen molar-refractivity contribution in [2.75, 3.05) is 33.3 Å². The van der Waals surface area contributed by atoms with Crippen LogP contribution in [-0.4, -0.2) is 50.3 Å². The van der Waals surface area contributed by atoms with E-state index in [4.69, 9.17) is 4.74 Å². The molecule has 0 radical (unpaired) electrons. The summed E-state index contributed by atoms with van der Waals surface area (Å²) in [6.45, 7) is 4.52. The van der Waals surface area contributed by atoms with Crippen LogP contribution in [0.1, 0.15) is 44.9 Å². The van der Waals surface area contributed by atoms with E-state index in [0.29, 0.717) is 6.10 Å². The minimum atomic E-state index is 0.494. The van der Waals surface area contributed by atoms with E-state index in [0.717, 1.165) is 19.2 Å². The molecule has 2 rings (SSSR count). The van der Waals surface area contributed by atoms with Gasteiger partial charge < -0.3 is 15.0 Å². The fourth-order valence-corrected chi connectivity index (χ4v) is 2.94. The fourth-order valence-electron chi connectivity index (χ4n) is 2.94. The summed E-state index contributed by atoms with van der Waals surface area (Å²) in [5.74, 6) is 0. The highest BCUT2D eigenvalue weighted by molar-refractivity contribution is 4.74. The highest BCUT2D eigenvalue weighted by atomic mass is 16.5. The van der Waals surface area contributed by atoms with Crippen LogP contribution in [0.25, 0.3) is 0 Å². The van der Waals surface area contributed by atoms with E-state index in [1.165, 1.54) is 58.0 Å². The minimum Gasteiger partial charge on any atom is -0.377 e. The van der Waals surface area contributed by atoms with Crippen LogP contribution in [0.5, 0.6) is 0 Å². The molecule has 2 saturated heterocycles. The minimum absolute atomic E-state index is 0.494. The van der Waals surface area contributed by atoms with Crippen LogP contribution in [0.3, 0.4) is 0 Å². The third-order valence-corrected chi connectivity index (χ3v) is 4.06. The quantitative estimate of drug-likeness (QED) is 0.795. The van der Waals surface area contributed by atoms with Crippen LogP contribution in [-0.2, 0) is 4.74 Å². The molecular formula is C14H28N2O. The Balaban J connectivity index is 1.57. The van der Waals surface area contributed by atoms with Crippen molar-refractivity contribution in [3.05, 3.63) is 0 Å². The summed E-state index contributed by atoms with van der Waals surface area (Å²) in [7, 11) is 2.24. The number of hydrogen-bond donors (Lipinski definition) is 1. The Kier molecular flexibility index (Phi) is 5.75. The molecule has 2 atom stereocenters. The Hall–Kier alpha value is -0.120. The second kappa shape index (κ2) is 7.34. The summed E-state index contributed by atoms with van der Waals surface area (Å²) in [5.41, 5.74) is 0. The second-order valence-corrected chi connectivity index (χ2v) is 5.69. The lowest BCUT2D eigenvalue weighted by Crippen LogP contribution is -2.39. The first-order valence-electron chi connectivity index (χ1n) is 7.38. The first-order chi connectivity index (χ1) is 8.34. The zero-order valence-corrected chi connectivity index (χ0v) is 11.3. The molecule has 0 aliphatic carbocycles. The number of hydrogen-bond acceptors (Lipinski definition) is 3. The third kappa shape index (κ3) is 4.94. The summed E-state index contributed by atoms with van der Waals surface area (Å²) < 4.78 is 5.78. The molecular weight excluding hydrogens is 212 g/mol. The van der Waals surface area contributed by atoms with Gasteiger partial charge in [-0.2, -0.15) is 0 Å². The van der Waals surface area contributed by atoms with Crippen LogP contribution >= 0.6 is 0 Å². The van der Waals surface area contributed by atoms with Gasteiger partial charge in [0.15, 0.2) is 0 Å². The zero-order valence-electron chi connectivity index (χ0n) is 11.3. The average molecular weight is 240 g/mol. The first-order valence-corrected chi connectivity index (χ1v) is 7.38. The summed E-state index contributed by atoms with van der Waals surface area (Å²) in [6, 6.07) is 0.762. The van der Waals surface area contributed by atoms with E-state index in [1.807, 2.05) is 0 Å². The normalized spacial score (nSPS) is 30.7. The van der Waals surface area contributed by atoms with Crippen molar-refractivity contribution in [2.24, 2.45) is 0 Å². The summed E-state index contributed by atoms with van der Waals surface area (Å²) in [5, 5.41) is 3.62. The smallest absolute Gasteiger partial charge is 0.0701 e. The molecule has 0 aromatic heterocycles. The van der Waals surface area contributed by atoms with Crippen molar-refractivity contribution in [2.45, 2.75) is 57.1 Å². The van der Waals surface area contributed by atoms with Gasteiger partial charge in [-0.15, -0.1) is 0 Å². The molecule has 0 amide bonds. The molecule has 100 valence electrons. The number of ether oxygens (including phenoxy) is 1. The lowest BCUT2D eigenvalue weighted by Gasteiger charge is -2.29.